The maximum atomic E-state index is 14.0. The van der Waals surface area contributed by atoms with Crippen LogP contribution >= 0.6 is 15.9 Å². The van der Waals surface area contributed by atoms with E-state index in [9.17, 15) is 60.3 Å². The first-order chi connectivity index (χ1) is 58.6. The highest BCUT2D eigenvalue weighted by atomic mass is 79.9. The van der Waals surface area contributed by atoms with Gasteiger partial charge in [-0.15, -0.1) is 10.2 Å². The third-order valence-corrected chi connectivity index (χ3v) is 20.5. The van der Waals surface area contributed by atoms with Gasteiger partial charge in [-0.05, 0) is 262 Å². The Morgan fingerprint density at radius 1 is 0.394 bits per heavy atom. The van der Waals surface area contributed by atoms with Gasteiger partial charge in [0.05, 0.1) is 48.4 Å². The number of methoxy groups -OCH3 is 1. The van der Waals surface area contributed by atoms with Gasteiger partial charge in [-0.2, -0.15) is 0 Å². The van der Waals surface area contributed by atoms with E-state index in [4.69, 9.17) is 62.7 Å². The van der Waals surface area contributed by atoms with Crippen molar-refractivity contribution in [3.05, 3.63) is 177 Å². The van der Waals surface area contributed by atoms with Crippen LogP contribution in [0.2, 0.25) is 0 Å². The van der Waals surface area contributed by atoms with Crippen molar-refractivity contribution in [2.45, 2.75) is 290 Å². The molecule has 0 saturated carbocycles. The fourth-order valence-electron chi connectivity index (χ4n) is 14.9. The molecule has 6 aromatic rings. The van der Waals surface area contributed by atoms with Gasteiger partial charge in [-0.3, -0.25) is 34.7 Å². The number of halogens is 6. The highest BCUT2D eigenvalue weighted by molar-refractivity contribution is 9.10. The topological polar surface area (TPSA) is 351 Å². The van der Waals surface area contributed by atoms with Gasteiger partial charge in [0.25, 0.3) is 5.91 Å². The lowest BCUT2D eigenvalue weighted by Gasteiger charge is -2.34. The lowest BCUT2D eigenvalue weighted by atomic mass is 10.0. The molecule has 700 valence electrons. The number of aromatic nitrogens is 2. The smallest absolute Gasteiger partial charge is 0.413 e. The molecule has 127 heavy (non-hydrogen) atoms. The third kappa shape index (κ3) is 26.8. The molecule has 5 fully saturated rings. The summed E-state index contributed by atoms with van der Waals surface area (Å²) < 4.78 is 137. The summed E-state index contributed by atoms with van der Waals surface area (Å²) >= 11 is 3.38. The zero-order chi connectivity index (χ0) is 95.6. The molecule has 0 unspecified atom stereocenters. The molecule has 5 saturated heterocycles. The predicted molar refractivity (Wildman–Crippen MR) is 462 cm³/mol. The number of nitrogen functional groups attached to an aromatic ring is 1. The Balaban J connectivity index is 0.000000218. The van der Waals surface area contributed by atoms with E-state index in [0.717, 1.165) is 21.2 Å². The number of nitrogens with zero attached hydrogens (tertiary/aromatic N) is 7. The summed E-state index contributed by atoms with van der Waals surface area (Å²) in [5.41, 5.74) is -1.37. The van der Waals surface area contributed by atoms with E-state index >= 15 is 0 Å². The quantitative estimate of drug-likeness (QED) is 0.0228. The monoisotopic (exact) mass is 1850 g/mol. The van der Waals surface area contributed by atoms with Gasteiger partial charge in [0.15, 0.2) is 0 Å². The normalized spacial score (nSPS) is 22.6. The Morgan fingerprint density at radius 2 is 0.622 bits per heavy atom. The van der Waals surface area contributed by atoms with Crippen LogP contribution in [0, 0.1) is 0 Å². The van der Waals surface area contributed by atoms with Crippen molar-refractivity contribution in [3.8, 4) is 11.5 Å². The number of carbonyl (C=O) groups is 8. The largest absolute Gasteiger partial charge is 0.478 e. The van der Waals surface area contributed by atoms with E-state index in [1.165, 1.54) is 50.1 Å². The van der Waals surface area contributed by atoms with Gasteiger partial charge in [0, 0.05) is 15.6 Å². The number of amides is 6. The molecule has 6 heterocycles. The second kappa shape index (κ2) is 41.1. The van der Waals surface area contributed by atoms with E-state index in [0.29, 0.717) is 33.7 Å². The molecule has 5 aliphatic heterocycles. The van der Waals surface area contributed by atoms with Gasteiger partial charge >= 0.3 is 42.4 Å². The van der Waals surface area contributed by atoms with Crippen LogP contribution in [-0.4, -0.2) is 215 Å². The highest BCUT2D eigenvalue weighted by Gasteiger charge is 2.57. The molecular formula is C91H123BrF5N9O21. The maximum absolute atomic E-state index is 14.0. The summed E-state index contributed by atoms with van der Waals surface area (Å²) in [7, 11) is 1.30. The van der Waals surface area contributed by atoms with E-state index in [1.54, 1.807) is 246 Å². The first-order valence-corrected chi connectivity index (χ1v) is 42.0. The second-order valence-corrected chi connectivity index (χ2v) is 38.8. The van der Waals surface area contributed by atoms with Gasteiger partial charge in [0.2, 0.25) is 12.3 Å². The molecule has 4 N–H and O–H groups in total. The number of aromatic carboxylic acids is 1. The first-order valence-electron chi connectivity index (χ1n) is 41.2. The van der Waals surface area contributed by atoms with Gasteiger partial charge in [-0.1, -0.05) is 76.6 Å². The highest BCUT2D eigenvalue weighted by Crippen LogP contribution is 2.48. The maximum Gasteiger partial charge on any atom is 0.413 e. The molecule has 1 aromatic heterocycles. The number of nitrogens with one attached hydrogen (secondary N) is 1. The Morgan fingerprint density at radius 3 is 0.827 bits per heavy atom. The number of rotatable bonds is 14. The molecule has 5 aliphatic rings. The van der Waals surface area contributed by atoms with Crippen LogP contribution in [-0.2, 0) is 52.1 Å². The number of carboxylic acid groups (broad SMARTS) is 1. The van der Waals surface area contributed by atoms with Crippen molar-refractivity contribution in [2.75, 3.05) is 40.5 Å². The zero-order valence-electron chi connectivity index (χ0n) is 77.0. The van der Waals surface area contributed by atoms with Crippen molar-refractivity contribution in [2.24, 2.45) is 5.84 Å². The summed E-state index contributed by atoms with van der Waals surface area (Å²) in [5.74, 6) is 3.58. The Hall–Kier alpha value is -10.1. The van der Waals surface area contributed by atoms with Crippen LogP contribution in [0.15, 0.2) is 137 Å². The van der Waals surface area contributed by atoms with E-state index in [-0.39, 0.29) is 5.56 Å². The van der Waals surface area contributed by atoms with Crippen molar-refractivity contribution >= 4 is 64.2 Å². The molecule has 36 heteroatoms. The predicted octanol–water partition coefficient (Wildman–Crippen LogP) is 19.2. The fourth-order valence-corrected chi connectivity index (χ4v) is 15.1. The minimum Gasteiger partial charge on any atom is -0.478 e. The van der Waals surface area contributed by atoms with Crippen LogP contribution in [0.4, 0.5) is 45.9 Å². The van der Waals surface area contributed by atoms with E-state index in [1.807, 2.05) is 41.8 Å². The molecule has 0 radical (unpaired) electrons. The van der Waals surface area contributed by atoms with Crippen molar-refractivity contribution < 1.29 is 122 Å². The van der Waals surface area contributed by atoms with Crippen molar-refractivity contribution in [1.29, 1.82) is 0 Å². The lowest BCUT2D eigenvalue weighted by molar-refractivity contribution is -0.0807. The third-order valence-electron chi connectivity index (χ3n) is 19.9. The molecule has 10 atom stereocenters. The number of ether oxygens (including phenoxy) is 11. The van der Waals surface area contributed by atoms with Crippen LogP contribution in [0.25, 0.3) is 11.5 Å². The average molecular weight is 1850 g/mol. The molecule has 6 amide bonds. The number of carbonyl (C=O) groups excluding carboxylic acids is 7. The molecule has 0 spiro atoms. The second-order valence-electron chi connectivity index (χ2n) is 37.8. The number of benzene rings is 5. The van der Waals surface area contributed by atoms with Crippen molar-refractivity contribution in [1.82, 2.24) is 40.1 Å². The summed E-state index contributed by atoms with van der Waals surface area (Å²) in [5, 5.41) is 16.5. The van der Waals surface area contributed by atoms with Crippen molar-refractivity contribution in [3.63, 3.8) is 0 Å². The Kier molecular flexibility index (Phi) is 33.7. The van der Waals surface area contributed by atoms with Gasteiger partial charge < -0.3 is 61.6 Å². The fraction of sp³-hybridized carbons (Fsp3) is 0.560. The number of hydrogen-bond donors (Lipinski definition) is 3. The first kappa shape index (κ1) is 104. The number of hydrogen-bond acceptors (Lipinski definition) is 23. The SMILES string of the molecule is CC(C)(C)OC(=O)N1[C@H](CF)[C@@H](c2ccc(-c3nnco3)cc2)OC1(C)C.CC(C)(C)OC(=O)N1[C@H](CF)[C@@H](c2ccc(Br)cc2)OC1(C)C.CC(C)(C)OC(=O)N1[C@H](CF)[C@@H](c2ccc(C(=O)NN)cc2)OC1(C)C.CC(C)(C)OC(=O)N1[C@H](CF)[C@@H](c2ccc(C(=O)O)cc2)OC1(C)C.COC(=O)c1ccc([C@H]2OC(C)(C)N(C(=O)OC(C)(C)C)[C@@H]2CF)cc1. The molecule has 30 nitrogen and oxygen atoms in total. The number of nitrogens with two attached hydrogens (primary N) is 1. The van der Waals surface area contributed by atoms with E-state index in [2.05, 4.69) is 30.9 Å². The molecule has 0 bridgehead atoms. The van der Waals surface area contributed by atoms with Gasteiger partial charge in [-0.25, -0.2) is 61.4 Å². The lowest BCUT2D eigenvalue weighted by Crippen LogP contribution is -2.50. The number of hydrazine groups is 1. The van der Waals surface area contributed by atoms with Crippen LogP contribution in [0.5, 0.6) is 0 Å². The summed E-state index contributed by atoms with van der Waals surface area (Å²) in [6.07, 6.45) is -5.03. The van der Waals surface area contributed by atoms with Crippen LogP contribution in [0.3, 0.4) is 0 Å². The minimum absolute atomic E-state index is 0.127. The molecular weight excluding hydrogens is 1730 g/mol. The summed E-state index contributed by atoms with van der Waals surface area (Å²) in [4.78, 5) is 104. The molecule has 5 aromatic carbocycles. The number of alkyl halides is 5. The minimum atomic E-state index is -1.06. The summed E-state index contributed by atoms with van der Waals surface area (Å²) in [6, 6.07) is 29.6. The molecule has 0 aliphatic carbocycles. The van der Waals surface area contributed by atoms with Crippen LogP contribution < -0.4 is 11.3 Å². The Labute approximate surface area is 747 Å². The number of carboxylic acids is 1. The zero-order valence-corrected chi connectivity index (χ0v) is 78.6. The number of esters is 1. The van der Waals surface area contributed by atoms with E-state index < -0.39 is 199 Å². The standard InChI is InChI=1S/C19H24FN3O4.C19H26FNO5.C18H26FN3O4.C18H24FNO5.C17H23BrFNO3/c1-18(2,3)27-17(24)23-14(10-20)15(26-19(23,4)5)12-6-8-13(9-7-12)16-22-21-11-25-16;1-18(2,3)26-17(23)21-14(11-20)15(25-19(21,4)5)12-7-9-13(10-8-12)16(22)24-6;1-17(2,3)26-16(24)22-13(10-19)14(25-18(22,4)5)11-6-8-12(9-7-11)15(23)21-20;1-17(2,3)25-16(23)20-13(10-19)14(24-18(20,4)5)11-6-8-12(9-7-11)15(21)22;1-16(2,3)23-15(21)20-13(10-19)14(22-17(20,4)5)11-6-8-12(18)9-7-11/h6-9,11,14-15H,10H2,1-5H3;7-10,14-15H,11H2,1-6H3;6-9,13-14H,10,20H2,1-5H3,(H,21,23);6-9,13-14H,10H2,1-5H3,(H,21,22);6-9,13-14H,10H2,1-5H3/t2*14-,15-;3*13-,14-/m11111/s1. The summed E-state index contributed by atoms with van der Waals surface area (Å²) in [6.45, 7) is 39.6. The van der Waals surface area contributed by atoms with Gasteiger partial charge in [0.1, 0.15) is 121 Å². The Bertz CT molecular complexity index is 4590. The van der Waals surface area contributed by atoms with Crippen LogP contribution in [0.1, 0.15) is 263 Å². The molecule has 11 rings (SSSR count). The average Bonchev–Trinajstić information content (AvgIpc) is 1.63.